The second kappa shape index (κ2) is 9.09. The normalized spacial score (nSPS) is 11.6. The Hall–Kier alpha value is -2.86. The topological polar surface area (TPSA) is 65.4 Å². The van der Waals surface area contributed by atoms with Crippen LogP contribution in [0.2, 0.25) is 0 Å². The van der Waals surface area contributed by atoms with Gasteiger partial charge in [-0.25, -0.2) is 0 Å². The fraction of sp³-hybridized carbons (Fsp3) is 0.391. The van der Waals surface area contributed by atoms with Crippen LogP contribution in [0.3, 0.4) is 0 Å². The fourth-order valence-electron chi connectivity index (χ4n) is 3.15. The number of hydrogen-bond acceptors (Lipinski definition) is 4. The third kappa shape index (κ3) is 4.95. The molecule has 0 spiro atoms. The van der Waals surface area contributed by atoms with Crippen molar-refractivity contribution < 1.29 is 14.3 Å². The summed E-state index contributed by atoms with van der Waals surface area (Å²) >= 11 is 0. The monoisotopic (exact) mass is 395 g/mol. The van der Waals surface area contributed by atoms with Gasteiger partial charge in [0.15, 0.2) is 5.60 Å². The van der Waals surface area contributed by atoms with Gasteiger partial charge in [-0.1, -0.05) is 43.3 Å². The van der Waals surface area contributed by atoms with Crippen LogP contribution in [-0.2, 0) is 22.7 Å². The highest BCUT2D eigenvalue weighted by Gasteiger charge is 2.31. The van der Waals surface area contributed by atoms with Crippen molar-refractivity contribution in [3.63, 3.8) is 0 Å². The predicted octanol–water partition coefficient (Wildman–Crippen LogP) is 3.91. The maximum atomic E-state index is 12.5. The van der Waals surface area contributed by atoms with Gasteiger partial charge in [0.1, 0.15) is 0 Å². The van der Waals surface area contributed by atoms with Crippen LogP contribution < -0.4 is 10.1 Å². The minimum Gasteiger partial charge on any atom is -0.460 e. The highest BCUT2D eigenvalue weighted by Crippen LogP contribution is 2.30. The number of ether oxygens (including phenoxy) is 2. The van der Waals surface area contributed by atoms with E-state index in [1.54, 1.807) is 21.0 Å². The number of fused-ring (bicyclic) bond motifs is 1. The maximum absolute atomic E-state index is 12.5. The molecule has 0 unspecified atom stereocenters. The Balaban J connectivity index is 1.98. The van der Waals surface area contributed by atoms with E-state index >= 15 is 0 Å². The molecule has 1 N–H and O–H groups in total. The number of carbonyl (C=O) groups excluding carboxylic acids is 1. The van der Waals surface area contributed by atoms with Crippen LogP contribution in [0, 0.1) is 0 Å². The Morgan fingerprint density at radius 1 is 1.14 bits per heavy atom. The van der Waals surface area contributed by atoms with Gasteiger partial charge >= 0.3 is 0 Å². The lowest BCUT2D eigenvalue weighted by molar-refractivity contribution is -0.134. The number of nitrogens with one attached hydrogen (secondary N) is 1. The molecule has 0 aliphatic heterocycles. The zero-order valence-corrected chi connectivity index (χ0v) is 17.6. The van der Waals surface area contributed by atoms with E-state index < -0.39 is 5.60 Å². The van der Waals surface area contributed by atoms with Crippen molar-refractivity contribution in [1.29, 1.82) is 0 Å². The van der Waals surface area contributed by atoms with E-state index in [4.69, 9.17) is 14.6 Å². The Morgan fingerprint density at radius 2 is 1.90 bits per heavy atom. The number of benzene rings is 2. The summed E-state index contributed by atoms with van der Waals surface area (Å²) < 4.78 is 13.3. The summed E-state index contributed by atoms with van der Waals surface area (Å²) in [5.41, 5.74) is 2.08. The van der Waals surface area contributed by atoms with Crippen LogP contribution in [0.1, 0.15) is 38.3 Å². The number of rotatable bonds is 9. The van der Waals surface area contributed by atoms with E-state index in [-0.39, 0.29) is 5.91 Å². The average molecular weight is 396 g/mol. The van der Waals surface area contributed by atoms with Crippen LogP contribution in [-0.4, -0.2) is 34.9 Å². The molecule has 29 heavy (non-hydrogen) atoms. The lowest BCUT2D eigenvalue weighted by Crippen LogP contribution is -2.46. The van der Waals surface area contributed by atoms with E-state index in [0.717, 1.165) is 28.5 Å². The molecule has 6 nitrogen and oxygen atoms in total. The molecule has 3 aromatic rings. The molecule has 0 bridgehead atoms. The van der Waals surface area contributed by atoms with Crippen molar-refractivity contribution in [1.82, 2.24) is 15.1 Å². The fourth-order valence-corrected chi connectivity index (χ4v) is 3.15. The van der Waals surface area contributed by atoms with E-state index in [2.05, 4.69) is 17.4 Å². The molecular formula is C23H29N3O3. The van der Waals surface area contributed by atoms with Crippen LogP contribution in [0.25, 0.3) is 10.9 Å². The molecule has 1 amide bonds. The van der Waals surface area contributed by atoms with Crippen molar-refractivity contribution in [2.75, 3.05) is 13.7 Å². The molecule has 154 valence electrons. The van der Waals surface area contributed by atoms with Crippen LogP contribution in [0.5, 0.6) is 5.88 Å². The standard InChI is InChI=1S/C23H29N3O3/c1-5-13-24-22(27)23(2,3)29-21-19-14-18(16-28-4)11-12-20(19)26(25-21)15-17-9-7-6-8-10-17/h6-12,14H,5,13,15-16H2,1-4H3,(H,24,27). The number of aromatic nitrogens is 2. The number of methoxy groups -OCH3 is 1. The van der Waals surface area contributed by atoms with Crippen LogP contribution in [0.4, 0.5) is 0 Å². The Kier molecular flexibility index (Phi) is 6.54. The molecule has 2 aromatic carbocycles. The van der Waals surface area contributed by atoms with Crippen molar-refractivity contribution in [2.24, 2.45) is 0 Å². The smallest absolute Gasteiger partial charge is 0.263 e. The minimum atomic E-state index is -1.04. The first-order valence-electron chi connectivity index (χ1n) is 9.94. The third-order valence-corrected chi connectivity index (χ3v) is 4.70. The first-order chi connectivity index (χ1) is 13.9. The minimum absolute atomic E-state index is 0.154. The van der Waals surface area contributed by atoms with Crippen molar-refractivity contribution >= 4 is 16.8 Å². The molecule has 0 aliphatic carbocycles. The number of carbonyl (C=O) groups is 1. The third-order valence-electron chi connectivity index (χ3n) is 4.70. The molecule has 0 saturated carbocycles. The molecule has 0 saturated heterocycles. The lowest BCUT2D eigenvalue weighted by atomic mass is 10.1. The van der Waals surface area contributed by atoms with Crippen LogP contribution >= 0.6 is 0 Å². The quantitative estimate of drug-likeness (QED) is 0.596. The summed E-state index contributed by atoms with van der Waals surface area (Å²) in [6.07, 6.45) is 0.872. The summed E-state index contributed by atoms with van der Waals surface area (Å²) in [7, 11) is 1.67. The summed E-state index contributed by atoms with van der Waals surface area (Å²) in [6.45, 7) is 7.28. The van der Waals surface area contributed by atoms with Gasteiger partial charge < -0.3 is 14.8 Å². The van der Waals surface area contributed by atoms with Gasteiger partial charge in [0.2, 0.25) is 5.88 Å². The molecule has 1 heterocycles. The van der Waals surface area contributed by atoms with Gasteiger partial charge in [0.05, 0.1) is 24.1 Å². The molecule has 0 fully saturated rings. The molecule has 1 aromatic heterocycles. The average Bonchev–Trinajstić information content (AvgIpc) is 3.03. The van der Waals surface area contributed by atoms with Crippen molar-refractivity contribution in [3.8, 4) is 5.88 Å². The highest BCUT2D eigenvalue weighted by molar-refractivity contribution is 5.88. The van der Waals surface area contributed by atoms with E-state index in [1.165, 1.54) is 0 Å². The number of amides is 1. The first kappa shape index (κ1) is 20.9. The predicted molar refractivity (Wildman–Crippen MR) is 114 cm³/mol. The first-order valence-corrected chi connectivity index (χ1v) is 9.94. The van der Waals surface area contributed by atoms with E-state index in [9.17, 15) is 4.79 Å². The lowest BCUT2D eigenvalue weighted by Gasteiger charge is -2.24. The zero-order chi connectivity index (χ0) is 20.9. The van der Waals surface area contributed by atoms with Crippen molar-refractivity contribution in [2.45, 2.75) is 45.9 Å². The summed E-state index contributed by atoms with van der Waals surface area (Å²) in [5.74, 6) is 0.295. The summed E-state index contributed by atoms with van der Waals surface area (Å²) in [6, 6.07) is 16.2. The van der Waals surface area contributed by atoms with Crippen LogP contribution in [0.15, 0.2) is 48.5 Å². The molecular weight excluding hydrogens is 366 g/mol. The second-order valence-corrected chi connectivity index (χ2v) is 7.60. The van der Waals surface area contributed by atoms with Gasteiger partial charge in [-0.3, -0.25) is 9.48 Å². The SMILES string of the molecule is CCCNC(=O)C(C)(C)Oc1nn(Cc2ccccc2)c2ccc(COC)cc12. The molecule has 3 rings (SSSR count). The van der Waals surface area contributed by atoms with Gasteiger partial charge in [0.25, 0.3) is 5.91 Å². The highest BCUT2D eigenvalue weighted by atomic mass is 16.5. The summed E-state index contributed by atoms with van der Waals surface area (Å²) in [5, 5.41) is 8.48. The number of nitrogens with zero attached hydrogens (tertiary/aromatic N) is 2. The van der Waals surface area contributed by atoms with Gasteiger partial charge in [-0.05, 0) is 43.5 Å². The second-order valence-electron chi connectivity index (χ2n) is 7.60. The largest absolute Gasteiger partial charge is 0.460 e. The van der Waals surface area contributed by atoms with E-state index in [0.29, 0.717) is 25.6 Å². The van der Waals surface area contributed by atoms with Gasteiger partial charge in [0, 0.05) is 13.7 Å². The van der Waals surface area contributed by atoms with E-state index in [1.807, 2.05) is 48.0 Å². The Morgan fingerprint density at radius 3 is 2.59 bits per heavy atom. The van der Waals surface area contributed by atoms with Gasteiger partial charge in [-0.15, -0.1) is 5.10 Å². The molecule has 0 atom stereocenters. The maximum Gasteiger partial charge on any atom is 0.263 e. The summed E-state index contributed by atoms with van der Waals surface area (Å²) in [4.78, 5) is 12.5. The zero-order valence-electron chi connectivity index (χ0n) is 17.6. The molecule has 6 heteroatoms. The van der Waals surface area contributed by atoms with Gasteiger partial charge in [-0.2, -0.15) is 0 Å². The molecule has 0 radical (unpaired) electrons. The number of hydrogen-bond donors (Lipinski definition) is 1. The molecule has 0 aliphatic rings. The Labute approximate surface area is 171 Å². The van der Waals surface area contributed by atoms with Crippen molar-refractivity contribution in [3.05, 3.63) is 59.7 Å². The Bertz CT molecular complexity index is 964.